The molecule has 0 saturated carbocycles. The number of ether oxygens (including phenoxy) is 1. The molecule has 1 N–H and O–H groups in total. The predicted molar refractivity (Wildman–Crippen MR) is 94.4 cm³/mol. The van der Waals surface area contributed by atoms with Gasteiger partial charge in [0.1, 0.15) is 0 Å². The zero-order chi connectivity index (χ0) is 15.8. The fourth-order valence-corrected chi connectivity index (χ4v) is 4.85. The van der Waals surface area contributed by atoms with E-state index >= 15 is 0 Å². The number of para-hydroxylation sites is 2. The molecule has 0 bridgehead atoms. The number of hydrogen-bond acceptors (Lipinski definition) is 1. The van der Waals surface area contributed by atoms with E-state index < -0.39 is 0 Å². The van der Waals surface area contributed by atoms with E-state index in [1.807, 2.05) is 30.3 Å². The molecule has 3 heteroatoms. The maximum absolute atomic E-state index is 7.93. The van der Waals surface area contributed by atoms with Crippen LogP contribution >= 0.6 is 0 Å². The van der Waals surface area contributed by atoms with Crippen LogP contribution in [-0.2, 0) is 0 Å². The molecule has 4 aromatic rings. The molecule has 3 aromatic carbocycles. The molecule has 4 rings (SSSR count). The van der Waals surface area contributed by atoms with Crippen molar-refractivity contribution in [2.75, 3.05) is 7.11 Å². The van der Waals surface area contributed by atoms with Crippen LogP contribution in [0.2, 0.25) is 0 Å². The number of aromatic amines is 1. The molecule has 0 amide bonds. The molecule has 0 saturated heterocycles. The Balaban J connectivity index is 2.29. The van der Waals surface area contributed by atoms with Crippen LogP contribution in [0.1, 0.15) is 1.37 Å². The second kappa shape index (κ2) is 5.52. The summed E-state index contributed by atoms with van der Waals surface area (Å²) in [6.07, 6.45) is 0. The van der Waals surface area contributed by atoms with Gasteiger partial charge in [0.25, 0.3) is 0 Å². The van der Waals surface area contributed by atoms with Crippen LogP contribution in [0.5, 0.6) is 5.75 Å². The summed E-state index contributed by atoms with van der Waals surface area (Å²) in [5.74, 6) is 0.875. The molecule has 1 aromatic heterocycles. The van der Waals surface area contributed by atoms with Crippen molar-refractivity contribution in [3.05, 3.63) is 66.7 Å². The Morgan fingerprint density at radius 1 is 0.909 bits per heavy atom. The second-order valence-electron chi connectivity index (χ2n) is 5.06. The molecule has 22 heavy (non-hydrogen) atoms. The van der Waals surface area contributed by atoms with Gasteiger partial charge in [-0.15, -0.1) is 0 Å². The number of methoxy groups -OCH3 is 1. The van der Waals surface area contributed by atoms with Crippen molar-refractivity contribution in [3.63, 3.8) is 0 Å². The third kappa shape index (κ3) is 2.29. The van der Waals surface area contributed by atoms with Crippen molar-refractivity contribution in [1.29, 1.82) is 0 Å². The van der Waals surface area contributed by atoms with Gasteiger partial charge in [-0.05, 0) is 0 Å². The van der Waals surface area contributed by atoms with Gasteiger partial charge in [-0.25, -0.2) is 0 Å². The molecule has 0 spiro atoms. The summed E-state index contributed by atoms with van der Waals surface area (Å²) >= 11 is 0.108. The fraction of sp³-hybridized carbons (Fsp3) is 0.0526. The Hall–Kier alpha value is -2.22. The summed E-state index contributed by atoms with van der Waals surface area (Å²) in [5, 5.41) is 2.43. The van der Waals surface area contributed by atoms with Gasteiger partial charge in [-0.1, -0.05) is 0 Å². The summed E-state index contributed by atoms with van der Waals surface area (Å²) < 4.78 is 15.8. The van der Waals surface area contributed by atoms with Gasteiger partial charge < -0.3 is 0 Å². The monoisotopic (exact) mass is 354 g/mol. The topological polar surface area (TPSA) is 25.0 Å². The van der Waals surface area contributed by atoms with Crippen molar-refractivity contribution < 1.29 is 6.11 Å². The van der Waals surface area contributed by atoms with Gasteiger partial charge in [-0.3, -0.25) is 0 Å². The summed E-state index contributed by atoms with van der Waals surface area (Å²) in [4.78, 5) is 3.54. The number of H-pyrrole nitrogens is 1. The molecule has 0 aliphatic carbocycles. The van der Waals surface area contributed by atoms with E-state index in [0.717, 1.165) is 16.8 Å². The molecule has 0 atom stereocenters. The normalized spacial score (nSPS) is 11.6. The Bertz CT molecular complexity index is 1080. The van der Waals surface area contributed by atoms with Crippen LogP contribution < -0.4 is 4.74 Å². The molecule has 2 nitrogen and oxygen atoms in total. The maximum atomic E-state index is 7.93. The summed E-state index contributed by atoms with van der Waals surface area (Å²) in [7, 11) is 1.70. The average molecular weight is 353 g/mol. The van der Waals surface area contributed by atoms with Crippen molar-refractivity contribution in [3.8, 4) is 5.75 Å². The van der Waals surface area contributed by atoms with Crippen LogP contribution in [-0.4, -0.2) is 26.6 Å². The zero-order valence-corrected chi connectivity index (χ0v) is 13.8. The van der Waals surface area contributed by atoms with Crippen molar-refractivity contribution in [1.82, 2.24) is 4.98 Å². The molecule has 108 valence electrons. The number of fused-ring (bicyclic) bond motifs is 4. The first-order valence-electron chi connectivity index (χ1n) is 7.57. The van der Waals surface area contributed by atoms with Crippen molar-refractivity contribution >= 4 is 44.8 Å². The first kappa shape index (κ1) is 12.3. The Labute approximate surface area is 135 Å². The Morgan fingerprint density at radius 3 is 2.68 bits per heavy atom. The van der Waals surface area contributed by atoms with Gasteiger partial charge in [0.2, 0.25) is 0 Å². The summed E-state index contributed by atoms with van der Waals surface area (Å²) in [6.45, 7) is 0. The van der Waals surface area contributed by atoms with E-state index in [4.69, 9.17) is 6.11 Å². The third-order valence-corrected chi connectivity index (χ3v) is 6.06. The average Bonchev–Trinajstić information content (AvgIpc) is 2.56. The van der Waals surface area contributed by atoms with E-state index in [0.29, 0.717) is 6.04 Å². The SMILES string of the molecule is [2H]c1ccc2[nH]c3ccccc3c3ccc(OC)cc3[se]c2c1. The quantitative estimate of drug-likeness (QED) is 0.495. The van der Waals surface area contributed by atoms with E-state index in [-0.39, 0.29) is 14.5 Å². The Morgan fingerprint density at radius 2 is 1.77 bits per heavy atom. The van der Waals surface area contributed by atoms with Crippen molar-refractivity contribution in [2.24, 2.45) is 0 Å². The van der Waals surface area contributed by atoms with E-state index in [2.05, 4.69) is 35.3 Å². The molecule has 0 radical (unpaired) electrons. The summed E-state index contributed by atoms with van der Waals surface area (Å²) in [6, 6.07) is 21.0. The summed E-state index contributed by atoms with van der Waals surface area (Å²) in [5.41, 5.74) is 2.18. The van der Waals surface area contributed by atoms with E-state index in [9.17, 15) is 0 Å². The number of aromatic nitrogens is 1. The fourth-order valence-electron chi connectivity index (χ4n) is 2.63. The minimum atomic E-state index is 0.108. The third-order valence-electron chi connectivity index (χ3n) is 3.72. The molecule has 0 aliphatic rings. The first-order valence-corrected chi connectivity index (χ1v) is 8.79. The Kier molecular flexibility index (Phi) is 3.10. The minimum absolute atomic E-state index is 0.108. The van der Waals surface area contributed by atoms with Crippen molar-refractivity contribution in [2.45, 2.75) is 0 Å². The van der Waals surface area contributed by atoms with Gasteiger partial charge in [-0.2, -0.15) is 0 Å². The van der Waals surface area contributed by atoms with Crippen LogP contribution in [0.3, 0.4) is 0 Å². The van der Waals surface area contributed by atoms with Gasteiger partial charge in [0.15, 0.2) is 0 Å². The number of nitrogens with one attached hydrogen (secondary N) is 1. The molecule has 0 unspecified atom stereocenters. The second-order valence-corrected chi connectivity index (χ2v) is 7.33. The van der Waals surface area contributed by atoms with Crippen LogP contribution in [0.25, 0.3) is 30.3 Å². The standard InChI is InChI=1S/C19H15NOSe/c1-21-13-10-11-15-14-6-2-3-7-16(14)20-17-8-4-5-9-18(17)22-19(15)12-13/h2-12,20H,1H3/i5D. The van der Waals surface area contributed by atoms with E-state index in [1.54, 1.807) is 7.11 Å². The number of hydrogen-bond donors (Lipinski definition) is 1. The number of benzene rings is 3. The van der Waals surface area contributed by atoms with Crippen LogP contribution in [0.15, 0.2) is 66.7 Å². The van der Waals surface area contributed by atoms with Gasteiger partial charge >= 0.3 is 135 Å². The first-order chi connectivity index (χ1) is 11.2. The molecule has 0 fully saturated rings. The van der Waals surface area contributed by atoms with Gasteiger partial charge in [0, 0.05) is 0 Å². The molecule has 0 aliphatic heterocycles. The molecular formula is C19H15NOSe. The molecule has 1 heterocycles. The molecular weight excluding hydrogens is 337 g/mol. The van der Waals surface area contributed by atoms with E-state index in [1.165, 1.54) is 19.3 Å². The zero-order valence-electron chi connectivity index (χ0n) is 13.1. The van der Waals surface area contributed by atoms with Crippen LogP contribution in [0.4, 0.5) is 0 Å². The van der Waals surface area contributed by atoms with Crippen LogP contribution in [0, 0.1) is 0 Å². The number of rotatable bonds is 1. The predicted octanol–water partition coefficient (Wildman–Crippen LogP) is 4.66. The van der Waals surface area contributed by atoms with Gasteiger partial charge in [0.05, 0.1) is 0 Å².